The van der Waals surface area contributed by atoms with Crippen molar-refractivity contribution in [3.8, 4) is 11.3 Å². The molecule has 0 bridgehead atoms. The molecule has 33 heavy (non-hydrogen) atoms. The first-order valence-corrected chi connectivity index (χ1v) is 12.5. The van der Waals surface area contributed by atoms with Gasteiger partial charge in [-0.2, -0.15) is 5.10 Å². The normalized spacial score (nSPS) is 17.3. The van der Waals surface area contributed by atoms with E-state index < -0.39 is 5.41 Å². The van der Waals surface area contributed by atoms with Gasteiger partial charge in [-0.25, -0.2) is 4.98 Å². The van der Waals surface area contributed by atoms with Crippen LogP contribution in [0.4, 0.5) is 5.69 Å². The number of piperidine rings is 1. The maximum atomic E-state index is 13.6. The van der Waals surface area contributed by atoms with Gasteiger partial charge in [-0.3, -0.25) is 13.4 Å². The fraction of sp³-hybridized carbons (Fsp3) is 0.292. The monoisotopic (exact) mass is 522 g/mol. The lowest BCUT2D eigenvalue weighted by Gasteiger charge is -2.33. The minimum Gasteiger partial charge on any atom is -0.317 e. The summed E-state index contributed by atoms with van der Waals surface area (Å²) < 4.78 is 4.93. The van der Waals surface area contributed by atoms with E-state index in [2.05, 4.69) is 42.5 Å². The second kappa shape index (κ2) is 7.72. The minimum atomic E-state index is -0.519. The Hall–Kier alpha value is -2.62. The average molecular weight is 523 g/mol. The van der Waals surface area contributed by atoms with E-state index in [1.807, 2.05) is 50.9 Å². The molecule has 5 heterocycles. The van der Waals surface area contributed by atoms with Crippen molar-refractivity contribution in [2.24, 2.45) is 7.05 Å². The van der Waals surface area contributed by atoms with Crippen LogP contribution in [0.25, 0.3) is 22.3 Å². The quantitative estimate of drug-likeness (QED) is 0.433. The van der Waals surface area contributed by atoms with Crippen molar-refractivity contribution in [2.45, 2.75) is 23.2 Å². The smallest absolute Gasteiger partial charge is 0.237 e. The molecule has 0 radical (unpaired) electrons. The van der Waals surface area contributed by atoms with E-state index in [1.54, 1.807) is 21.5 Å². The van der Waals surface area contributed by atoms with Crippen molar-refractivity contribution < 1.29 is 4.79 Å². The topological polar surface area (TPSA) is 68.0 Å². The fourth-order valence-electron chi connectivity index (χ4n) is 5.22. The summed E-state index contributed by atoms with van der Waals surface area (Å²) in [5.41, 5.74) is 4.35. The Balaban J connectivity index is 1.68. The van der Waals surface area contributed by atoms with Crippen LogP contribution in [0.15, 0.2) is 58.3 Å². The van der Waals surface area contributed by atoms with Gasteiger partial charge in [0.15, 0.2) is 5.65 Å². The van der Waals surface area contributed by atoms with Crippen molar-refractivity contribution in [3.05, 3.63) is 59.0 Å². The molecule has 9 heteroatoms. The summed E-state index contributed by atoms with van der Waals surface area (Å²) in [6, 6.07) is 10.3. The molecule has 168 valence electrons. The number of anilines is 1. The first-order chi connectivity index (χ1) is 16.0. The number of nitrogens with zero attached hydrogens (tertiary/aromatic N) is 5. The van der Waals surface area contributed by atoms with E-state index in [0.717, 1.165) is 68.8 Å². The molecule has 1 spiro atoms. The Labute approximate surface area is 204 Å². The van der Waals surface area contributed by atoms with Crippen LogP contribution in [-0.2, 0) is 17.3 Å². The Kier molecular flexibility index (Phi) is 4.90. The van der Waals surface area contributed by atoms with Gasteiger partial charge >= 0.3 is 0 Å². The van der Waals surface area contributed by atoms with Crippen LogP contribution in [-0.4, -0.2) is 44.8 Å². The predicted octanol–water partition coefficient (Wildman–Crippen LogP) is 4.35. The largest absolute Gasteiger partial charge is 0.317 e. The third kappa shape index (κ3) is 3.02. The van der Waals surface area contributed by atoms with Crippen LogP contribution in [0.3, 0.4) is 0 Å². The highest BCUT2D eigenvalue weighted by molar-refractivity contribution is 9.10. The number of hydrogen-bond donors (Lipinski definition) is 1. The molecule has 1 aromatic carbocycles. The summed E-state index contributed by atoms with van der Waals surface area (Å²) >= 11 is 5.58. The molecule has 0 unspecified atom stereocenters. The second-order valence-electron chi connectivity index (χ2n) is 8.68. The van der Waals surface area contributed by atoms with Gasteiger partial charge in [-0.1, -0.05) is 18.2 Å². The van der Waals surface area contributed by atoms with Gasteiger partial charge in [0.1, 0.15) is 0 Å². The first-order valence-electron chi connectivity index (χ1n) is 11.0. The van der Waals surface area contributed by atoms with Gasteiger partial charge in [-0.15, -0.1) is 0 Å². The van der Waals surface area contributed by atoms with E-state index in [-0.39, 0.29) is 5.91 Å². The highest BCUT2D eigenvalue weighted by Crippen LogP contribution is 2.53. The number of aryl methyl sites for hydroxylation is 1. The maximum Gasteiger partial charge on any atom is 0.237 e. The van der Waals surface area contributed by atoms with Crippen LogP contribution in [0.2, 0.25) is 0 Å². The summed E-state index contributed by atoms with van der Waals surface area (Å²) in [5, 5.41) is 8.86. The number of aromatic nitrogens is 4. The molecule has 0 atom stereocenters. The fourth-order valence-corrected chi connectivity index (χ4v) is 7.12. The van der Waals surface area contributed by atoms with Gasteiger partial charge in [0.05, 0.1) is 33.7 Å². The highest BCUT2D eigenvalue weighted by Gasteiger charge is 2.52. The standard InChI is InChI=1S/C24H23BrN6OS/c1-29-14-15(12-28-29)21-20(25)18-19-17(30(2)23(32)24(19)8-10-26-11-9-24)13-27-22(18)31(21)33-16-6-4-3-5-7-16/h3-7,12-14,26H,8-11H2,1-2H3. The molecule has 0 aliphatic carbocycles. The zero-order chi connectivity index (χ0) is 22.7. The molecule has 1 fully saturated rings. The van der Waals surface area contributed by atoms with Crippen molar-refractivity contribution >= 4 is 50.5 Å². The van der Waals surface area contributed by atoms with Crippen LogP contribution in [0, 0.1) is 0 Å². The molecule has 3 aromatic heterocycles. The number of likely N-dealkylation sites (N-methyl/N-ethyl adjacent to an activating group) is 1. The van der Waals surface area contributed by atoms with Crippen LogP contribution in [0.1, 0.15) is 18.4 Å². The SMILES string of the molecule is CN1C(=O)C2(CCNCC2)c2c1cnc1c2c(Br)c(-c2cnn(C)c2)n1Sc1ccccc1. The molecular formula is C24H23BrN6OS. The Morgan fingerprint density at radius 1 is 1.12 bits per heavy atom. The minimum absolute atomic E-state index is 0.173. The lowest BCUT2D eigenvalue weighted by Crippen LogP contribution is -2.46. The van der Waals surface area contributed by atoms with E-state index in [0.29, 0.717) is 0 Å². The van der Waals surface area contributed by atoms with E-state index >= 15 is 0 Å². The van der Waals surface area contributed by atoms with Gasteiger partial charge in [0.2, 0.25) is 5.91 Å². The Morgan fingerprint density at radius 3 is 2.58 bits per heavy atom. The van der Waals surface area contributed by atoms with Crippen molar-refractivity contribution in [1.82, 2.24) is 24.1 Å². The Morgan fingerprint density at radius 2 is 1.88 bits per heavy atom. The molecule has 6 rings (SSSR count). The van der Waals surface area contributed by atoms with E-state index in [1.165, 1.54) is 0 Å². The lowest BCUT2D eigenvalue weighted by molar-refractivity contribution is -0.123. The zero-order valence-corrected chi connectivity index (χ0v) is 20.8. The number of pyridine rings is 1. The number of carbonyl (C=O) groups is 1. The van der Waals surface area contributed by atoms with Crippen LogP contribution >= 0.6 is 27.9 Å². The predicted molar refractivity (Wildman–Crippen MR) is 135 cm³/mol. The van der Waals surface area contributed by atoms with Gasteiger partial charge in [0, 0.05) is 41.7 Å². The van der Waals surface area contributed by atoms with Crippen molar-refractivity contribution in [1.29, 1.82) is 0 Å². The van der Waals surface area contributed by atoms with Gasteiger partial charge in [0.25, 0.3) is 0 Å². The maximum absolute atomic E-state index is 13.6. The van der Waals surface area contributed by atoms with Gasteiger partial charge in [-0.05, 0) is 65.9 Å². The molecule has 1 saturated heterocycles. The summed E-state index contributed by atoms with van der Waals surface area (Å²) in [6.45, 7) is 1.66. The highest BCUT2D eigenvalue weighted by atomic mass is 79.9. The number of fused-ring (bicyclic) bond motifs is 4. The molecule has 7 nitrogen and oxygen atoms in total. The summed E-state index contributed by atoms with van der Waals surface area (Å²) in [4.78, 5) is 21.4. The first kappa shape index (κ1) is 20.9. The van der Waals surface area contributed by atoms with Gasteiger partial charge < -0.3 is 10.2 Å². The second-order valence-corrected chi connectivity index (χ2v) is 10.5. The molecule has 1 N–H and O–H groups in total. The van der Waals surface area contributed by atoms with E-state index in [4.69, 9.17) is 4.98 Å². The van der Waals surface area contributed by atoms with Crippen molar-refractivity contribution in [2.75, 3.05) is 25.0 Å². The molecule has 2 aliphatic rings. The molecule has 4 aromatic rings. The number of carbonyl (C=O) groups excluding carboxylic acids is 1. The molecule has 0 saturated carbocycles. The number of hydrogen-bond acceptors (Lipinski definition) is 5. The van der Waals surface area contributed by atoms with Crippen LogP contribution in [0.5, 0.6) is 0 Å². The summed E-state index contributed by atoms with van der Waals surface area (Å²) in [6.07, 6.45) is 7.33. The lowest BCUT2D eigenvalue weighted by atomic mass is 9.73. The van der Waals surface area contributed by atoms with Crippen LogP contribution < -0.4 is 10.2 Å². The summed E-state index contributed by atoms with van der Waals surface area (Å²) in [7, 11) is 3.79. The molecule has 1 amide bonds. The number of benzene rings is 1. The summed E-state index contributed by atoms with van der Waals surface area (Å²) in [5.74, 6) is 0.173. The average Bonchev–Trinajstić information content (AvgIpc) is 3.44. The number of amides is 1. The van der Waals surface area contributed by atoms with E-state index in [9.17, 15) is 4.79 Å². The molecule has 2 aliphatic heterocycles. The third-order valence-corrected chi connectivity index (χ3v) is 8.58. The zero-order valence-electron chi connectivity index (χ0n) is 18.4. The Bertz CT molecular complexity index is 1390. The number of halogens is 1. The molecular weight excluding hydrogens is 500 g/mol. The number of nitrogens with one attached hydrogen (secondary N) is 1. The third-order valence-electron chi connectivity index (χ3n) is 6.79. The number of rotatable bonds is 3. The van der Waals surface area contributed by atoms with Crippen molar-refractivity contribution in [3.63, 3.8) is 0 Å².